The second kappa shape index (κ2) is 6.31. The molecule has 1 fully saturated rings. The molecule has 0 aliphatic carbocycles. The number of hydrogen-bond donors (Lipinski definition) is 1. The van der Waals surface area contributed by atoms with Crippen LogP contribution in [0, 0.1) is 0 Å². The van der Waals surface area contributed by atoms with Gasteiger partial charge in [-0.15, -0.1) is 0 Å². The Morgan fingerprint density at radius 1 is 1.21 bits per heavy atom. The first kappa shape index (κ1) is 16.6. The Morgan fingerprint density at radius 3 is 2.75 bits per heavy atom. The molecule has 9 heteroatoms. The van der Waals surface area contributed by atoms with E-state index in [0.717, 1.165) is 0 Å². The van der Waals surface area contributed by atoms with Crippen LogP contribution in [0.4, 0.5) is 13.2 Å². The number of amides is 1. The Balaban J connectivity index is 1.73. The van der Waals surface area contributed by atoms with Crippen LogP contribution in [-0.2, 0) is 0 Å². The van der Waals surface area contributed by atoms with Crippen LogP contribution in [0.25, 0.3) is 5.52 Å². The summed E-state index contributed by atoms with van der Waals surface area (Å²) in [5.74, 6) is -0.371. The third-order valence-electron chi connectivity index (χ3n) is 4.04. The fourth-order valence-corrected chi connectivity index (χ4v) is 2.93. The maximum Gasteiger partial charge on any atom is 0.401 e. The number of carbonyl (C=O) groups is 1. The van der Waals surface area contributed by atoms with Crippen LogP contribution in [0.15, 0.2) is 29.2 Å². The van der Waals surface area contributed by atoms with Gasteiger partial charge in [0.1, 0.15) is 5.69 Å². The van der Waals surface area contributed by atoms with E-state index in [0.29, 0.717) is 18.5 Å². The zero-order valence-corrected chi connectivity index (χ0v) is 12.8. The number of nitrogens with zero attached hydrogens (tertiary/aromatic N) is 3. The van der Waals surface area contributed by atoms with Gasteiger partial charge in [-0.05, 0) is 24.6 Å². The van der Waals surface area contributed by atoms with Gasteiger partial charge in [-0.2, -0.15) is 13.2 Å². The van der Waals surface area contributed by atoms with Gasteiger partial charge in [0.15, 0.2) is 0 Å². The molecule has 1 amide bonds. The van der Waals surface area contributed by atoms with Gasteiger partial charge in [-0.1, -0.05) is 0 Å². The van der Waals surface area contributed by atoms with Crippen LogP contribution in [0.2, 0.25) is 0 Å². The second-order valence-electron chi connectivity index (χ2n) is 5.83. The molecule has 1 aliphatic heterocycles. The van der Waals surface area contributed by atoms with Crippen LogP contribution in [0.1, 0.15) is 16.9 Å². The summed E-state index contributed by atoms with van der Waals surface area (Å²) in [4.78, 5) is 29.8. The molecule has 1 aliphatic rings. The maximum atomic E-state index is 12.6. The summed E-state index contributed by atoms with van der Waals surface area (Å²) in [5.41, 5.74) is 0.320. The monoisotopic (exact) mass is 342 g/mol. The number of aromatic amines is 1. The molecule has 0 spiro atoms. The lowest BCUT2D eigenvalue weighted by Crippen LogP contribution is -2.39. The van der Waals surface area contributed by atoms with Gasteiger partial charge >= 0.3 is 11.9 Å². The number of aromatic nitrogens is 2. The number of fused-ring (bicyclic) bond motifs is 1. The van der Waals surface area contributed by atoms with E-state index in [1.807, 2.05) is 0 Å². The highest BCUT2D eigenvalue weighted by molar-refractivity contribution is 5.93. The summed E-state index contributed by atoms with van der Waals surface area (Å²) in [6, 6.07) is 4.97. The molecule has 3 heterocycles. The van der Waals surface area contributed by atoms with Crippen molar-refractivity contribution in [3.8, 4) is 0 Å². The second-order valence-corrected chi connectivity index (χ2v) is 5.83. The molecule has 24 heavy (non-hydrogen) atoms. The minimum atomic E-state index is -4.25. The highest BCUT2D eigenvalue weighted by Crippen LogP contribution is 2.18. The fourth-order valence-electron chi connectivity index (χ4n) is 2.93. The molecular formula is C15H17F3N4O2. The van der Waals surface area contributed by atoms with Crippen molar-refractivity contribution in [2.45, 2.75) is 12.6 Å². The van der Waals surface area contributed by atoms with Gasteiger partial charge in [0.2, 0.25) is 0 Å². The van der Waals surface area contributed by atoms with Crippen molar-refractivity contribution >= 4 is 11.4 Å². The fraction of sp³-hybridized carbons (Fsp3) is 0.467. The third-order valence-corrected chi connectivity index (χ3v) is 4.04. The number of alkyl halides is 3. The van der Waals surface area contributed by atoms with E-state index in [1.54, 1.807) is 24.4 Å². The lowest BCUT2D eigenvalue weighted by atomic mass is 10.3. The summed E-state index contributed by atoms with van der Waals surface area (Å²) in [5, 5.41) is 0. The highest BCUT2D eigenvalue weighted by Gasteiger charge is 2.32. The molecule has 6 nitrogen and oxygen atoms in total. The van der Waals surface area contributed by atoms with Gasteiger partial charge in [0.25, 0.3) is 5.91 Å². The Kier molecular flexibility index (Phi) is 4.35. The molecule has 2 aromatic rings. The standard InChI is InChI=1S/C15H17F3N4O2/c16-15(17,18)10-20-4-2-5-21(8-7-20)13(23)12-9-11-3-1-6-22(11)14(24)19-12/h1,3,6,9H,2,4-5,7-8,10H2,(H,19,24). The normalized spacial score (nSPS) is 17.2. The van der Waals surface area contributed by atoms with E-state index in [-0.39, 0.29) is 31.2 Å². The highest BCUT2D eigenvalue weighted by atomic mass is 19.4. The molecule has 0 saturated carbocycles. The van der Waals surface area contributed by atoms with Gasteiger partial charge in [-0.3, -0.25) is 14.1 Å². The molecule has 0 bridgehead atoms. The number of halogens is 3. The van der Waals surface area contributed by atoms with Crippen molar-refractivity contribution in [3.05, 3.63) is 40.6 Å². The molecule has 0 aromatic carbocycles. The SMILES string of the molecule is O=C(c1cc2cccn2c(=O)[nH]1)N1CCCN(CC(F)(F)F)CC1. The van der Waals surface area contributed by atoms with Gasteiger partial charge in [0, 0.05) is 32.4 Å². The average Bonchev–Trinajstić information content (AvgIpc) is 2.86. The summed E-state index contributed by atoms with van der Waals surface area (Å²) >= 11 is 0. The van der Waals surface area contributed by atoms with E-state index >= 15 is 0 Å². The van der Waals surface area contributed by atoms with Crippen LogP contribution in [0.5, 0.6) is 0 Å². The predicted octanol–water partition coefficient (Wildman–Crippen LogP) is 1.34. The Labute approximate surface area is 135 Å². The van der Waals surface area contributed by atoms with Crippen LogP contribution in [0.3, 0.4) is 0 Å². The molecular weight excluding hydrogens is 325 g/mol. The van der Waals surface area contributed by atoms with E-state index in [9.17, 15) is 22.8 Å². The number of hydrogen-bond acceptors (Lipinski definition) is 3. The zero-order chi connectivity index (χ0) is 17.3. The summed E-state index contributed by atoms with van der Waals surface area (Å²) < 4.78 is 38.9. The minimum absolute atomic E-state index is 0.149. The van der Waals surface area contributed by atoms with E-state index in [2.05, 4.69) is 4.98 Å². The predicted molar refractivity (Wildman–Crippen MR) is 81.0 cm³/mol. The summed E-state index contributed by atoms with van der Waals surface area (Å²) in [6.45, 7) is 0.0347. The van der Waals surface area contributed by atoms with Crippen LogP contribution < -0.4 is 5.69 Å². The van der Waals surface area contributed by atoms with Gasteiger partial charge in [-0.25, -0.2) is 4.79 Å². The first-order valence-corrected chi connectivity index (χ1v) is 7.62. The van der Waals surface area contributed by atoms with Crippen molar-refractivity contribution in [3.63, 3.8) is 0 Å². The lowest BCUT2D eigenvalue weighted by molar-refractivity contribution is -0.145. The Bertz CT molecular complexity index is 796. The first-order chi connectivity index (χ1) is 11.3. The number of rotatable bonds is 2. The molecule has 3 rings (SSSR count). The summed E-state index contributed by atoms with van der Waals surface area (Å²) in [7, 11) is 0. The average molecular weight is 342 g/mol. The zero-order valence-electron chi connectivity index (χ0n) is 12.8. The van der Waals surface area contributed by atoms with Gasteiger partial charge in [0.05, 0.1) is 12.1 Å². The van der Waals surface area contributed by atoms with Crippen LogP contribution in [-0.4, -0.2) is 64.0 Å². The van der Waals surface area contributed by atoms with Gasteiger partial charge < -0.3 is 9.88 Å². The molecule has 2 aromatic heterocycles. The molecule has 0 atom stereocenters. The Hall–Kier alpha value is -2.29. The lowest BCUT2D eigenvalue weighted by Gasteiger charge is -2.22. The summed E-state index contributed by atoms with van der Waals surface area (Å²) in [6.07, 6.45) is -2.20. The number of nitrogens with one attached hydrogen (secondary N) is 1. The topological polar surface area (TPSA) is 60.8 Å². The quantitative estimate of drug-likeness (QED) is 0.896. The largest absolute Gasteiger partial charge is 0.401 e. The number of H-pyrrole nitrogens is 1. The Morgan fingerprint density at radius 2 is 2.00 bits per heavy atom. The van der Waals surface area contributed by atoms with Crippen molar-refractivity contribution in [2.24, 2.45) is 0 Å². The van der Waals surface area contributed by atoms with Crippen molar-refractivity contribution in [1.29, 1.82) is 0 Å². The van der Waals surface area contributed by atoms with Crippen molar-refractivity contribution in [2.75, 3.05) is 32.7 Å². The van der Waals surface area contributed by atoms with Crippen molar-refractivity contribution in [1.82, 2.24) is 19.2 Å². The maximum absolute atomic E-state index is 12.6. The van der Waals surface area contributed by atoms with E-state index in [4.69, 9.17) is 0 Å². The van der Waals surface area contributed by atoms with E-state index < -0.39 is 18.4 Å². The minimum Gasteiger partial charge on any atom is -0.336 e. The molecule has 0 radical (unpaired) electrons. The van der Waals surface area contributed by atoms with Crippen LogP contribution >= 0.6 is 0 Å². The molecule has 130 valence electrons. The molecule has 0 unspecified atom stereocenters. The molecule has 1 N–H and O–H groups in total. The molecule has 1 saturated heterocycles. The van der Waals surface area contributed by atoms with E-state index in [1.165, 1.54) is 14.2 Å². The number of carbonyl (C=O) groups excluding carboxylic acids is 1. The smallest absolute Gasteiger partial charge is 0.336 e. The van der Waals surface area contributed by atoms with Crippen molar-refractivity contribution < 1.29 is 18.0 Å². The first-order valence-electron chi connectivity index (χ1n) is 7.62. The third kappa shape index (κ3) is 3.61.